The molecule has 0 aromatic carbocycles. The standard InChI is InChI=1S/C10H13FN4/c11-7-3-12-10(13-4-7)15-5-8-1-2-9(6-15)14-8/h3-4,8-9,14H,1-2,5-6H2. The Hall–Kier alpha value is -1.23. The van der Waals surface area contributed by atoms with Gasteiger partial charge in [0.05, 0.1) is 12.4 Å². The second kappa shape index (κ2) is 3.41. The molecule has 2 aliphatic rings. The Kier molecular flexibility index (Phi) is 2.05. The van der Waals surface area contributed by atoms with Gasteiger partial charge in [-0.15, -0.1) is 0 Å². The molecule has 15 heavy (non-hydrogen) atoms. The molecule has 2 fully saturated rings. The van der Waals surface area contributed by atoms with E-state index in [0.29, 0.717) is 18.0 Å². The zero-order valence-electron chi connectivity index (χ0n) is 8.36. The average Bonchev–Trinajstić information content (AvgIpc) is 2.59. The van der Waals surface area contributed by atoms with Crippen LogP contribution >= 0.6 is 0 Å². The highest BCUT2D eigenvalue weighted by Gasteiger charge is 2.32. The lowest BCUT2D eigenvalue weighted by molar-refractivity contribution is 0.460. The van der Waals surface area contributed by atoms with E-state index in [9.17, 15) is 4.39 Å². The molecule has 1 aromatic rings. The number of halogens is 1. The van der Waals surface area contributed by atoms with Crippen molar-refractivity contribution < 1.29 is 4.39 Å². The van der Waals surface area contributed by atoms with Crippen molar-refractivity contribution in [2.45, 2.75) is 24.9 Å². The molecule has 0 spiro atoms. The number of rotatable bonds is 1. The molecule has 3 rings (SSSR count). The van der Waals surface area contributed by atoms with Crippen molar-refractivity contribution in [1.29, 1.82) is 0 Å². The molecule has 1 N–H and O–H groups in total. The van der Waals surface area contributed by atoms with Crippen molar-refractivity contribution in [1.82, 2.24) is 15.3 Å². The van der Waals surface area contributed by atoms with E-state index in [-0.39, 0.29) is 5.82 Å². The van der Waals surface area contributed by atoms with Crippen LogP contribution < -0.4 is 10.2 Å². The third-order valence-corrected chi connectivity index (χ3v) is 3.11. The molecule has 2 aliphatic heterocycles. The topological polar surface area (TPSA) is 41.1 Å². The van der Waals surface area contributed by atoms with Crippen LogP contribution in [0.5, 0.6) is 0 Å². The quantitative estimate of drug-likeness (QED) is 0.732. The Morgan fingerprint density at radius 1 is 1.20 bits per heavy atom. The number of nitrogens with zero attached hydrogens (tertiary/aromatic N) is 3. The third-order valence-electron chi connectivity index (χ3n) is 3.11. The summed E-state index contributed by atoms with van der Waals surface area (Å²) in [6.45, 7) is 1.87. The zero-order chi connectivity index (χ0) is 10.3. The Bertz CT molecular complexity index is 341. The van der Waals surface area contributed by atoms with Gasteiger partial charge in [0.1, 0.15) is 0 Å². The summed E-state index contributed by atoms with van der Waals surface area (Å²) in [7, 11) is 0. The molecule has 1 aromatic heterocycles. The van der Waals surface area contributed by atoms with Gasteiger partial charge in [-0.2, -0.15) is 0 Å². The summed E-state index contributed by atoms with van der Waals surface area (Å²) in [4.78, 5) is 10.2. The first-order valence-electron chi connectivity index (χ1n) is 5.30. The van der Waals surface area contributed by atoms with Crippen molar-refractivity contribution >= 4 is 5.95 Å². The third kappa shape index (κ3) is 1.67. The van der Waals surface area contributed by atoms with E-state index in [1.165, 1.54) is 25.2 Å². The maximum Gasteiger partial charge on any atom is 0.225 e. The molecule has 2 saturated heterocycles. The van der Waals surface area contributed by atoms with Gasteiger partial charge >= 0.3 is 0 Å². The molecular weight excluding hydrogens is 195 g/mol. The molecule has 0 radical (unpaired) electrons. The van der Waals surface area contributed by atoms with Gasteiger partial charge in [0, 0.05) is 25.2 Å². The fraction of sp³-hybridized carbons (Fsp3) is 0.600. The molecule has 80 valence electrons. The predicted molar refractivity (Wildman–Crippen MR) is 54.1 cm³/mol. The van der Waals surface area contributed by atoms with Crippen molar-refractivity contribution in [2.24, 2.45) is 0 Å². The molecule has 2 unspecified atom stereocenters. The number of piperazine rings is 1. The summed E-state index contributed by atoms with van der Waals surface area (Å²) in [5, 5.41) is 3.53. The van der Waals surface area contributed by atoms with Crippen LogP contribution in [-0.2, 0) is 0 Å². The predicted octanol–water partition coefficient (Wildman–Crippen LogP) is 0.556. The lowest BCUT2D eigenvalue weighted by Crippen LogP contribution is -2.51. The first-order valence-corrected chi connectivity index (χ1v) is 5.30. The first kappa shape index (κ1) is 9.03. The molecule has 2 bridgehead atoms. The summed E-state index contributed by atoms with van der Waals surface area (Å²) in [6, 6.07) is 1.11. The highest BCUT2D eigenvalue weighted by molar-refractivity contribution is 5.31. The number of aromatic nitrogens is 2. The average molecular weight is 208 g/mol. The Morgan fingerprint density at radius 2 is 1.80 bits per heavy atom. The molecule has 5 heteroatoms. The first-order chi connectivity index (χ1) is 7.31. The van der Waals surface area contributed by atoms with Gasteiger partial charge < -0.3 is 10.2 Å². The van der Waals surface area contributed by atoms with E-state index in [0.717, 1.165) is 13.1 Å². The lowest BCUT2D eigenvalue weighted by Gasteiger charge is -2.32. The molecule has 0 saturated carbocycles. The molecule has 4 nitrogen and oxygen atoms in total. The van der Waals surface area contributed by atoms with Gasteiger partial charge in [0.2, 0.25) is 5.95 Å². The Labute approximate surface area is 87.5 Å². The minimum atomic E-state index is -0.378. The van der Waals surface area contributed by atoms with Crippen LogP contribution in [-0.4, -0.2) is 35.1 Å². The fourth-order valence-corrected chi connectivity index (χ4v) is 2.43. The maximum atomic E-state index is 12.7. The molecule has 0 aliphatic carbocycles. The van der Waals surface area contributed by atoms with Gasteiger partial charge in [0.25, 0.3) is 0 Å². The van der Waals surface area contributed by atoms with E-state index in [1.54, 1.807) is 0 Å². The summed E-state index contributed by atoms with van der Waals surface area (Å²) in [5.41, 5.74) is 0. The second-order valence-corrected chi connectivity index (χ2v) is 4.24. The Balaban J connectivity index is 1.80. The highest BCUT2D eigenvalue weighted by atomic mass is 19.1. The molecule has 2 atom stereocenters. The zero-order valence-corrected chi connectivity index (χ0v) is 8.36. The number of nitrogens with one attached hydrogen (secondary N) is 1. The van der Waals surface area contributed by atoms with Crippen molar-refractivity contribution in [2.75, 3.05) is 18.0 Å². The van der Waals surface area contributed by atoms with E-state index < -0.39 is 0 Å². The van der Waals surface area contributed by atoms with Crippen LogP contribution in [0, 0.1) is 5.82 Å². The van der Waals surface area contributed by atoms with Crippen molar-refractivity contribution in [3.63, 3.8) is 0 Å². The van der Waals surface area contributed by atoms with E-state index in [2.05, 4.69) is 20.2 Å². The van der Waals surface area contributed by atoms with Crippen LogP contribution in [0.1, 0.15) is 12.8 Å². The Morgan fingerprint density at radius 3 is 2.40 bits per heavy atom. The number of hydrogen-bond donors (Lipinski definition) is 1. The van der Waals surface area contributed by atoms with Gasteiger partial charge in [-0.25, -0.2) is 14.4 Å². The van der Waals surface area contributed by atoms with Crippen LogP contribution in [0.25, 0.3) is 0 Å². The summed E-state index contributed by atoms with van der Waals surface area (Å²) < 4.78 is 12.7. The monoisotopic (exact) mass is 208 g/mol. The summed E-state index contributed by atoms with van der Waals surface area (Å²) >= 11 is 0. The van der Waals surface area contributed by atoms with Gasteiger partial charge in [-0.1, -0.05) is 0 Å². The van der Waals surface area contributed by atoms with Crippen LogP contribution in [0.3, 0.4) is 0 Å². The molecule has 0 amide bonds. The van der Waals surface area contributed by atoms with Gasteiger partial charge in [0.15, 0.2) is 5.82 Å². The second-order valence-electron chi connectivity index (χ2n) is 4.24. The number of hydrogen-bond acceptors (Lipinski definition) is 4. The van der Waals surface area contributed by atoms with Crippen LogP contribution in [0.15, 0.2) is 12.4 Å². The lowest BCUT2D eigenvalue weighted by atomic mass is 10.2. The van der Waals surface area contributed by atoms with Crippen molar-refractivity contribution in [3.05, 3.63) is 18.2 Å². The summed E-state index contributed by atoms with van der Waals surface area (Å²) in [5.74, 6) is 0.270. The van der Waals surface area contributed by atoms with E-state index in [4.69, 9.17) is 0 Å². The number of fused-ring (bicyclic) bond motifs is 2. The minimum Gasteiger partial charge on any atom is -0.338 e. The fourth-order valence-electron chi connectivity index (χ4n) is 2.43. The molecular formula is C10H13FN4. The maximum absolute atomic E-state index is 12.7. The van der Waals surface area contributed by atoms with Gasteiger partial charge in [-0.3, -0.25) is 0 Å². The number of anilines is 1. The van der Waals surface area contributed by atoms with Gasteiger partial charge in [-0.05, 0) is 12.8 Å². The van der Waals surface area contributed by atoms with Crippen LogP contribution in [0.4, 0.5) is 10.3 Å². The highest BCUT2D eigenvalue weighted by Crippen LogP contribution is 2.22. The van der Waals surface area contributed by atoms with Crippen LogP contribution in [0.2, 0.25) is 0 Å². The smallest absolute Gasteiger partial charge is 0.225 e. The largest absolute Gasteiger partial charge is 0.338 e. The molecule has 3 heterocycles. The SMILES string of the molecule is Fc1cnc(N2CC3CCC(C2)N3)nc1. The minimum absolute atomic E-state index is 0.378. The van der Waals surface area contributed by atoms with Crippen molar-refractivity contribution in [3.8, 4) is 0 Å². The normalized spacial score (nSPS) is 29.5. The van der Waals surface area contributed by atoms with E-state index in [1.807, 2.05) is 0 Å². The van der Waals surface area contributed by atoms with E-state index >= 15 is 0 Å². The summed E-state index contributed by atoms with van der Waals surface area (Å²) in [6.07, 6.45) is 4.91.